The maximum absolute atomic E-state index is 11.0. The summed E-state index contributed by atoms with van der Waals surface area (Å²) in [5.41, 5.74) is 9.10. The Morgan fingerprint density at radius 2 is 1.34 bits per heavy atom. The molecule has 0 bridgehead atoms. The molecule has 0 atom stereocenters. The van der Waals surface area contributed by atoms with Gasteiger partial charge in [-0.2, -0.15) is 0 Å². The highest BCUT2D eigenvalue weighted by Crippen LogP contribution is 2.54. The normalized spacial score (nSPS) is 13.7. The Bertz CT molecular complexity index is 989. The molecule has 148 valence electrons. The van der Waals surface area contributed by atoms with E-state index in [1.807, 2.05) is 12.1 Å². The Kier molecular flexibility index (Phi) is 5.67. The van der Waals surface area contributed by atoms with Crippen molar-refractivity contribution in [2.24, 2.45) is 0 Å². The summed E-state index contributed by atoms with van der Waals surface area (Å²) in [5.74, 6) is 0. The third kappa shape index (κ3) is 3.44. The summed E-state index contributed by atoms with van der Waals surface area (Å²) < 4.78 is 0. The van der Waals surface area contributed by atoms with Crippen molar-refractivity contribution in [2.75, 3.05) is 0 Å². The Morgan fingerprint density at radius 1 is 0.724 bits per heavy atom. The lowest BCUT2D eigenvalue weighted by Crippen LogP contribution is -2.25. The summed E-state index contributed by atoms with van der Waals surface area (Å²) in [4.78, 5) is 11.0. The van der Waals surface area contributed by atoms with E-state index in [9.17, 15) is 4.79 Å². The van der Waals surface area contributed by atoms with Crippen molar-refractivity contribution in [3.63, 3.8) is 0 Å². The van der Waals surface area contributed by atoms with Crippen LogP contribution in [0.15, 0.2) is 66.7 Å². The fourth-order valence-corrected chi connectivity index (χ4v) is 5.01. The molecule has 1 nitrogen and oxygen atoms in total. The molecule has 1 aliphatic rings. The summed E-state index contributed by atoms with van der Waals surface area (Å²) in [7, 11) is 0. The average Bonchev–Trinajstić information content (AvgIpc) is 3.06. The Morgan fingerprint density at radius 3 is 2.00 bits per heavy atom. The second-order valence-corrected chi connectivity index (χ2v) is 8.34. The molecule has 0 fully saturated rings. The minimum absolute atomic E-state index is 0.122. The van der Waals surface area contributed by atoms with Gasteiger partial charge in [0.1, 0.15) is 6.29 Å². The number of unbranched alkanes of at least 4 members (excludes halogenated alkanes) is 2. The molecule has 1 aliphatic carbocycles. The van der Waals surface area contributed by atoms with Gasteiger partial charge in [-0.25, -0.2) is 0 Å². The number of fused-ring (bicyclic) bond motifs is 3. The second kappa shape index (κ2) is 8.37. The highest BCUT2D eigenvalue weighted by Gasteiger charge is 2.41. The molecule has 0 aromatic heterocycles. The molecule has 3 aromatic rings. The molecule has 29 heavy (non-hydrogen) atoms. The first kappa shape index (κ1) is 19.6. The molecule has 4 rings (SSSR count). The van der Waals surface area contributed by atoms with Gasteiger partial charge >= 0.3 is 0 Å². The molecule has 0 unspecified atom stereocenters. The van der Waals surface area contributed by atoms with E-state index in [1.165, 1.54) is 71.9 Å². The summed E-state index contributed by atoms with van der Waals surface area (Å²) >= 11 is 0. The minimum Gasteiger partial charge on any atom is -0.298 e. The van der Waals surface area contributed by atoms with Crippen molar-refractivity contribution in [3.05, 3.63) is 83.4 Å². The van der Waals surface area contributed by atoms with Crippen molar-refractivity contribution in [1.29, 1.82) is 0 Å². The molecule has 0 saturated carbocycles. The van der Waals surface area contributed by atoms with Gasteiger partial charge in [-0.15, -0.1) is 0 Å². The first-order chi connectivity index (χ1) is 14.2. The van der Waals surface area contributed by atoms with Crippen LogP contribution in [0.4, 0.5) is 0 Å². The van der Waals surface area contributed by atoms with Gasteiger partial charge in [0, 0.05) is 11.0 Å². The van der Waals surface area contributed by atoms with Gasteiger partial charge in [-0.1, -0.05) is 100 Å². The lowest BCUT2D eigenvalue weighted by Gasteiger charge is -2.33. The topological polar surface area (TPSA) is 17.1 Å². The molecule has 3 aromatic carbocycles. The fourth-order valence-electron chi connectivity index (χ4n) is 5.01. The van der Waals surface area contributed by atoms with E-state index >= 15 is 0 Å². The number of carbonyl (C=O) groups is 1. The molecular formula is C28H30O. The minimum atomic E-state index is 0.122. The zero-order chi connectivity index (χ0) is 20.3. The second-order valence-electron chi connectivity index (χ2n) is 8.34. The van der Waals surface area contributed by atoms with Crippen molar-refractivity contribution in [3.8, 4) is 22.3 Å². The van der Waals surface area contributed by atoms with Crippen molar-refractivity contribution in [2.45, 2.75) is 57.8 Å². The van der Waals surface area contributed by atoms with Crippen LogP contribution in [0, 0.1) is 0 Å². The molecule has 1 heteroatoms. The van der Waals surface area contributed by atoms with Gasteiger partial charge in [0.25, 0.3) is 0 Å². The first-order valence-electron chi connectivity index (χ1n) is 11.0. The van der Waals surface area contributed by atoms with Crippen molar-refractivity contribution in [1.82, 2.24) is 0 Å². The van der Waals surface area contributed by atoms with Crippen LogP contribution >= 0.6 is 0 Å². The van der Waals surface area contributed by atoms with Crippen LogP contribution in [0.3, 0.4) is 0 Å². The molecule has 0 aliphatic heterocycles. The predicted octanol–water partition coefficient (Wildman–Crippen LogP) is 7.81. The van der Waals surface area contributed by atoms with Crippen LogP contribution in [0.1, 0.15) is 73.9 Å². The van der Waals surface area contributed by atoms with Gasteiger partial charge in [0.05, 0.1) is 0 Å². The van der Waals surface area contributed by atoms with Gasteiger partial charge in [0.2, 0.25) is 0 Å². The first-order valence-corrected chi connectivity index (χ1v) is 11.0. The highest BCUT2D eigenvalue weighted by molar-refractivity contribution is 5.84. The zero-order valence-corrected chi connectivity index (χ0v) is 17.6. The predicted molar refractivity (Wildman–Crippen MR) is 123 cm³/mol. The number of benzene rings is 3. The summed E-state index contributed by atoms with van der Waals surface area (Å²) in [6, 6.07) is 24.0. The number of rotatable bonds is 8. The zero-order valence-electron chi connectivity index (χ0n) is 17.6. The van der Waals surface area contributed by atoms with Crippen molar-refractivity contribution >= 4 is 6.29 Å². The fraction of sp³-hybridized carbons (Fsp3) is 0.321. The lowest BCUT2D eigenvalue weighted by atomic mass is 9.70. The van der Waals surface area contributed by atoms with Gasteiger partial charge in [0.15, 0.2) is 0 Å². The van der Waals surface area contributed by atoms with Crippen LogP contribution in [0.2, 0.25) is 0 Å². The Hall–Kier alpha value is -2.67. The van der Waals surface area contributed by atoms with Gasteiger partial charge < -0.3 is 0 Å². The highest BCUT2D eigenvalue weighted by atomic mass is 16.1. The molecular weight excluding hydrogens is 352 g/mol. The molecule has 0 saturated heterocycles. The van der Waals surface area contributed by atoms with E-state index in [-0.39, 0.29) is 5.41 Å². The number of hydrogen-bond acceptors (Lipinski definition) is 1. The van der Waals surface area contributed by atoms with Crippen LogP contribution in [0.5, 0.6) is 0 Å². The van der Waals surface area contributed by atoms with Crippen LogP contribution in [-0.4, -0.2) is 6.29 Å². The summed E-state index contributed by atoms with van der Waals surface area (Å²) in [6.07, 6.45) is 8.26. The number of carbonyl (C=O) groups excluding carboxylic acids is 1. The SMILES string of the molecule is CCCCC1(CCCC)c2ccccc2-c2ccc(-c3ccc(C=O)cc3)cc21. The molecule has 0 heterocycles. The number of aldehydes is 1. The molecule has 0 spiro atoms. The molecule has 0 radical (unpaired) electrons. The van der Waals surface area contributed by atoms with Gasteiger partial charge in [-0.05, 0) is 52.3 Å². The Balaban J connectivity index is 1.87. The van der Waals surface area contributed by atoms with E-state index in [0.29, 0.717) is 0 Å². The van der Waals surface area contributed by atoms with Crippen LogP contribution in [-0.2, 0) is 5.41 Å². The maximum atomic E-state index is 11.0. The number of hydrogen-bond donors (Lipinski definition) is 0. The average molecular weight is 383 g/mol. The van der Waals surface area contributed by atoms with E-state index < -0.39 is 0 Å². The van der Waals surface area contributed by atoms with Crippen molar-refractivity contribution < 1.29 is 4.79 Å². The summed E-state index contributed by atoms with van der Waals surface area (Å²) in [6.45, 7) is 4.58. The molecule has 0 amide bonds. The van der Waals surface area contributed by atoms with E-state index in [4.69, 9.17) is 0 Å². The van der Waals surface area contributed by atoms with Gasteiger partial charge in [-0.3, -0.25) is 4.79 Å². The van der Waals surface area contributed by atoms with Crippen LogP contribution in [0.25, 0.3) is 22.3 Å². The van der Waals surface area contributed by atoms with E-state index in [2.05, 4.69) is 68.4 Å². The van der Waals surface area contributed by atoms with Crippen LogP contribution < -0.4 is 0 Å². The van der Waals surface area contributed by atoms with E-state index in [1.54, 1.807) is 0 Å². The lowest BCUT2D eigenvalue weighted by molar-refractivity contribution is 0.112. The smallest absolute Gasteiger partial charge is 0.150 e. The van der Waals surface area contributed by atoms with E-state index in [0.717, 1.165) is 11.8 Å². The molecule has 0 N–H and O–H groups in total. The monoisotopic (exact) mass is 382 g/mol. The Labute approximate surface area is 174 Å². The quantitative estimate of drug-likeness (QED) is 0.363. The maximum Gasteiger partial charge on any atom is 0.150 e. The third-order valence-electron chi connectivity index (χ3n) is 6.56. The standard InChI is InChI=1S/C28H30O/c1-3-5-17-28(18-6-4-2)26-10-8-7-9-24(26)25-16-15-23(19-27(25)28)22-13-11-21(20-29)12-14-22/h7-16,19-20H,3-6,17-18H2,1-2H3. The largest absolute Gasteiger partial charge is 0.298 e. The third-order valence-corrected chi connectivity index (χ3v) is 6.56. The summed E-state index contributed by atoms with van der Waals surface area (Å²) in [5, 5.41) is 0.